The van der Waals surface area contributed by atoms with Crippen molar-refractivity contribution in [3.05, 3.63) is 24.3 Å². The number of anilines is 1. The second-order valence-corrected chi connectivity index (χ2v) is 3.92. The van der Waals surface area contributed by atoms with Gasteiger partial charge in [-0.15, -0.1) is 0 Å². The molecule has 0 aliphatic rings. The second kappa shape index (κ2) is 3.05. The van der Waals surface area contributed by atoms with Crippen LogP contribution in [0.25, 0.3) is 0 Å². The van der Waals surface area contributed by atoms with E-state index in [0.717, 1.165) is 5.69 Å². The molecule has 0 saturated heterocycles. The molecule has 0 aromatic heterocycles. The summed E-state index contributed by atoms with van der Waals surface area (Å²) < 4.78 is 0. The van der Waals surface area contributed by atoms with Gasteiger partial charge >= 0.3 is 0 Å². The number of aromatic hydroxyl groups is 1. The third-order valence-electron chi connectivity index (χ3n) is 1.39. The molecule has 0 atom stereocenters. The van der Waals surface area contributed by atoms with E-state index in [2.05, 4.69) is 26.1 Å². The summed E-state index contributed by atoms with van der Waals surface area (Å²) in [5.74, 6) is 0.300. The quantitative estimate of drug-likeness (QED) is 0.627. The average molecular weight is 165 g/mol. The minimum Gasteiger partial charge on any atom is -0.508 e. The largest absolute Gasteiger partial charge is 0.508 e. The summed E-state index contributed by atoms with van der Waals surface area (Å²) in [6, 6.07) is 7.07. The van der Waals surface area contributed by atoms with Crippen molar-refractivity contribution in [3.63, 3.8) is 0 Å². The van der Waals surface area contributed by atoms with Crippen molar-refractivity contribution in [1.82, 2.24) is 0 Å². The van der Waals surface area contributed by atoms with Gasteiger partial charge in [0.1, 0.15) is 5.75 Å². The van der Waals surface area contributed by atoms with E-state index >= 15 is 0 Å². The molecule has 0 saturated carbocycles. The lowest BCUT2D eigenvalue weighted by Crippen LogP contribution is -2.25. The zero-order valence-electron chi connectivity index (χ0n) is 7.76. The standard InChI is InChI=1S/C10H15NO/c1-10(2,3)11-8-4-6-9(12)7-5-8/h4-7,11-12H,1-3H3. The van der Waals surface area contributed by atoms with Gasteiger partial charge in [-0.2, -0.15) is 0 Å². The summed E-state index contributed by atoms with van der Waals surface area (Å²) in [5, 5.41) is 12.3. The fourth-order valence-corrected chi connectivity index (χ4v) is 0.978. The molecule has 12 heavy (non-hydrogen) atoms. The molecule has 2 N–H and O–H groups in total. The minimum absolute atomic E-state index is 0.0664. The lowest BCUT2D eigenvalue weighted by atomic mass is 10.1. The molecular weight excluding hydrogens is 150 g/mol. The van der Waals surface area contributed by atoms with E-state index in [1.54, 1.807) is 12.1 Å². The van der Waals surface area contributed by atoms with Crippen molar-refractivity contribution < 1.29 is 5.11 Å². The molecule has 0 spiro atoms. The van der Waals surface area contributed by atoms with Crippen LogP contribution in [0.5, 0.6) is 5.75 Å². The molecule has 0 radical (unpaired) electrons. The smallest absolute Gasteiger partial charge is 0.115 e. The first-order valence-electron chi connectivity index (χ1n) is 4.04. The zero-order chi connectivity index (χ0) is 9.19. The van der Waals surface area contributed by atoms with Crippen LogP contribution in [0.4, 0.5) is 5.69 Å². The van der Waals surface area contributed by atoms with Gasteiger partial charge in [0.25, 0.3) is 0 Å². The van der Waals surface area contributed by atoms with Crippen molar-refractivity contribution in [2.45, 2.75) is 26.3 Å². The molecule has 2 nitrogen and oxygen atoms in total. The molecule has 0 unspecified atom stereocenters. The van der Waals surface area contributed by atoms with Gasteiger partial charge in [0.15, 0.2) is 0 Å². The highest BCUT2D eigenvalue weighted by Gasteiger charge is 2.08. The van der Waals surface area contributed by atoms with Crippen molar-refractivity contribution in [2.24, 2.45) is 0 Å². The van der Waals surface area contributed by atoms with Crippen molar-refractivity contribution in [2.75, 3.05) is 5.32 Å². The number of hydrogen-bond acceptors (Lipinski definition) is 2. The second-order valence-electron chi connectivity index (χ2n) is 3.92. The van der Waals surface area contributed by atoms with Crippen LogP contribution in [-0.4, -0.2) is 10.6 Å². The van der Waals surface area contributed by atoms with Crippen LogP contribution < -0.4 is 5.32 Å². The Morgan fingerprint density at radius 2 is 1.58 bits per heavy atom. The molecule has 0 amide bonds. The molecule has 0 bridgehead atoms. The molecule has 2 heteroatoms. The molecule has 1 aromatic carbocycles. The molecule has 0 aliphatic heterocycles. The molecule has 1 rings (SSSR count). The highest BCUT2D eigenvalue weighted by atomic mass is 16.3. The van der Waals surface area contributed by atoms with Crippen molar-refractivity contribution >= 4 is 5.69 Å². The summed E-state index contributed by atoms with van der Waals surface area (Å²) in [6.45, 7) is 6.29. The van der Waals surface area contributed by atoms with Gasteiger partial charge in [-0.05, 0) is 45.0 Å². The third-order valence-corrected chi connectivity index (χ3v) is 1.39. The van der Waals surface area contributed by atoms with Crippen LogP contribution in [0.3, 0.4) is 0 Å². The molecule has 0 fully saturated rings. The predicted molar refractivity (Wildman–Crippen MR) is 51.5 cm³/mol. The van der Waals surface area contributed by atoms with Crippen molar-refractivity contribution in [1.29, 1.82) is 0 Å². The van der Waals surface area contributed by atoms with Gasteiger partial charge in [-0.3, -0.25) is 0 Å². The number of benzene rings is 1. The van der Waals surface area contributed by atoms with Gasteiger partial charge in [-0.1, -0.05) is 0 Å². The molecular formula is C10H15NO. The Morgan fingerprint density at radius 3 is 2.00 bits per heavy atom. The lowest BCUT2D eigenvalue weighted by molar-refractivity contribution is 0.475. The van der Waals surface area contributed by atoms with Gasteiger partial charge in [0.05, 0.1) is 0 Å². The van der Waals surface area contributed by atoms with E-state index in [-0.39, 0.29) is 5.54 Å². The maximum absolute atomic E-state index is 9.03. The lowest BCUT2D eigenvalue weighted by Gasteiger charge is -2.21. The van der Waals surface area contributed by atoms with E-state index in [4.69, 9.17) is 5.11 Å². The van der Waals surface area contributed by atoms with Gasteiger partial charge in [-0.25, -0.2) is 0 Å². The monoisotopic (exact) mass is 165 g/mol. The Balaban J connectivity index is 2.71. The number of phenolic OH excluding ortho intramolecular Hbond substituents is 1. The van der Waals surface area contributed by atoms with Crippen LogP contribution in [-0.2, 0) is 0 Å². The SMILES string of the molecule is CC(C)(C)Nc1ccc(O)cc1. The van der Waals surface area contributed by atoms with Crippen LogP contribution in [0.1, 0.15) is 20.8 Å². The number of phenols is 1. The summed E-state index contributed by atoms with van der Waals surface area (Å²) in [7, 11) is 0. The van der Waals surface area contributed by atoms with Crippen LogP contribution in [0, 0.1) is 0 Å². The van der Waals surface area contributed by atoms with E-state index in [1.807, 2.05) is 12.1 Å². The Morgan fingerprint density at radius 1 is 1.08 bits per heavy atom. The summed E-state index contributed by atoms with van der Waals surface area (Å²) >= 11 is 0. The fourth-order valence-electron chi connectivity index (χ4n) is 0.978. The van der Waals surface area contributed by atoms with Crippen LogP contribution >= 0.6 is 0 Å². The highest BCUT2D eigenvalue weighted by molar-refractivity contribution is 5.47. The molecule has 1 aromatic rings. The van der Waals surface area contributed by atoms with Crippen LogP contribution in [0.2, 0.25) is 0 Å². The molecule has 0 heterocycles. The van der Waals surface area contributed by atoms with Gasteiger partial charge in [0, 0.05) is 11.2 Å². The van der Waals surface area contributed by atoms with Crippen molar-refractivity contribution in [3.8, 4) is 5.75 Å². The topological polar surface area (TPSA) is 32.3 Å². The summed E-state index contributed by atoms with van der Waals surface area (Å²) in [5.41, 5.74) is 1.09. The van der Waals surface area contributed by atoms with Gasteiger partial charge < -0.3 is 10.4 Å². The Kier molecular flexibility index (Phi) is 2.27. The first-order chi connectivity index (χ1) is 5.47. The number of nitrogens with one attached hydrogen (secondary N) is 1. The molecule has 0 aliphatic carbocycles. The summed E-state index contributed by atoms with van der Waals surface area (Å²) in [4.78, 5) is 0. The Labute approximate surface area is 73.2 Å². The van der Waals surface area contributed by atoms with E-state index < -0.39 is 0 Å². The number of rotatable bonds is 1. The predicted octanol–water partition coefficient (Wildman–Crippen LogP) is 2.60. The fraction of sp³-hybridized carbons (Fsp3) is 0.400. The Hall–Kier alpha value is -1.18. The normalized spacial score (nSPS) is 11.2. The van der Waals surface area contributed by atoms with E-state index in [1.165, 1.54) is 0 Å². The van der Waals surface area contributed by atoms with Gasteiger partial charge in [0.2, 0.25) is 0 Å². The Bertz CT molecular complexity index is 246. The maximum atomic E-state index is 9.03. The molecule has 66 valence electrons. The average Bonchev–Trinajstić information content (AvgIpc) is 1.91. The van der Waals surface area contributed by atoms with Crippen LogP contribution in [0.15, 0.2) is 24.3 Å². The minimum atomic E-state index is 0.0664. The highest BCUT2D eigenvalue weighted by Crippen LogP contribution is 2.17. The summed E-state index contributed by atoms with van der Waals surface area (Å²) in [6.07, 6.45) is 0. The first-order valence-corrected chi connectivity index (χ1v) is 4.04. The number of hydrogen-bond donors (Lipinski definition) is 2. The zero-order valence-corrected chi connectivity index (χ0v) is 7.76. The van der Waals surface area contributed by atoms with E-state index in [0.29, 0.717) is 5.75 Å². The van der Waals surface area contributed by atoms with E-state index in [9.17, 15) is 0 Å². The third kappa shape index (κ3) is 2.82. The first kappa shape index (κ1) is 8.91. The maximum Gasteiger partial charge on any atom is 0.115 e.